The molecular weight excluding hydrogens is 339 g/mol. The number of anilines is 1. The van der Waals surface area contributed by atoms with Crippen LogP contribution in [0.25, 0.3) is 0 Å². The minimum atomic E-state index is -0.232. The topological polar surface area (TPSA) is 92.1 Å². The van der Waals surface area contributed by atoms with Crippen molar-refractivity contribution in [3.63, 3.8) is 0 Å². The van der Waals surface area contributed by atoms with E-state index in [0.29, 0.717) is 34.3 Å². The second-order valence-electron chi connectivity index (χ2n) is 5.37. The van der Waals surface area contributed by atoms with Gasteiger partial charge in [0.2, 0.25) is 11.9 Å². The van der Waals surface area contributed by atoms with Crippen LogP contribution in [-0.2, 0) is 24.2 Å². The van der Waals surface area contributed by atoms with Crippen molar-refractivity contribution < 1.29 is 4.79 Å². The SMILES string of the molecule is Nc1nc2c(c(=O)[nH]1)CCN(C(=O)Cc1ccc(Cl)c(Cl)c1)C2. The third kappa shape index (κ3) is 3.33. The molecule has 0 radical (unpaired) electrons. The zero-order valence-corrected chi connectivity index (χ0v) is 13.6. The van der Waals surface area contributed by atoms with Gasteiger partial charge in [-0.2, -0.15) is 0 Å². The maximum absolute atomic E-state index is 12.4. The molecule has 1 amide bonds. The van der Waals surface area contributed by atoms with Crippen LogP contribution in [0.1, 0.15) is 16.8 Å². The number of nitrogen functional groups attached to an aromatic ring is 1. The Balaban J connectivity index is 1.76. The van der Waals surface area contributed by atoms with Gasteiger partial charge in [0.15, 0.2) is 0 Å². The molecule has 6 nitrogen and oxygen atoms in total. The number of amides is 1. The van der Waals surface area contributed by atoms with Crippen LogP contribution < -0.4 is 11.3 Å². The van der Waals surface area contributed by atoms with Crippen molar-refractivity contribution in [2.24, 2.45) is 0 Å². The number of aromatic nitrogens is 2. The summed E-state index contributed by atoms with van der Waals surface area (Å²) in [6, 6.07) is 5.12. The highest BCUT2D eigenvalue weighted by Gasteiger charge is 2.24. The highest BCUT2D eigenvalue weighted by molar-refractivity contribution is 6.42. The third-order valence-electron chi connectivity index (χ3n) is 3.78. The first kappa shape index (κ1) is 15.8. The molecule has 0 saturated heterocycles. The lowest BCUT2D eigenvalue weighted by Gasteiger charge is -2.27. The lowest BCUT2D eigenvalue weighted by molar-refractivity contribution is -0.131. The molecule has 2 aromatic rings. The van der Waals surface area contributed by atoms with Crippen molar-refractivity contribution in [2.75, 3.05) is 12.3 Å². The van der Waals surface area contributed by atoms with Crippen molar-refractivity contribution in [3.8, 4) is 0 Å². The Morgan fingerprint density at radius 3 is 2.87 bits per heavy atom. The summed E-state index contributed by atoms with van der Waals surface area (Å²) in [5.74, 6) is 0.00206. The number of halogens is 2. The molecule has 0 aliphatic carbocycles. The summed E-state index contributed by atoms with van der Waals surface area (Å²) >= 11 is 11.8. The maximum atomic E-state index is 12.4. The van der Waals surface area contributed by atoms with Gasteiger partial charge in [-0.3, -0.25) is 14.6 Å². The van der Waals surface area contributed by atoms with Crippen LogP contribution in [0.15, 0.2) is 23.0 Å². The number of H-pyrrole nitrogens is 1. The molecule has 0 unspecified atom stereocenters. The van der Waals surface area contributed by atoms with Gasteiger partial charge in [-0.25, -0.2) is 4.98 Å². The van der Waals surface area contributed by atoms with E-state index in [9.17, 15) is 9.59 Å². The van der Waals surface area contributed by atoms with Gasteiger partial charge in [0, 0.05) is 12.1 Å². The number of nitrogens with zero attached hydrogens (tertiary/aromatic N) is 2. The number of rotatable bonds is 2. The van der Waals surface area contributed by atoms with Crippen molar-refractivity contribution in [1.29, 1.82) is 0 Å². The molecule has 0 bridgehead atoms. The third-order valence-corrected chi connectivity index (χ3v) is 4.52. The van der Waals surface area contributed by atoms with E-state index in [-0.39, 0.29) is 30.4 Å². The van der Waals surface area contributed by atoms with Gasteiger partial charge in [-0.15, -0.1) is 0 Å². The summed E-state index contributed by atoms with van der Waals surface area (Å²) < 4.78 is 0. The monoisotopic (exact) mass is 352 g/mol. The Kier molecular flexibility index (Phi) is 4.28. The molecule has 3 N–H and O–H groups in total. The van der Waals surface area contributed by atoms with Crippen LogP contribution in [0.5, 0.6) is 0 Å². The summed E-state index contributed by atoms with van der Waals surface area (Å²) in [7, 11) is 0. The number of nitrogens with two attached hydrogens (primary N) is 1. The molecule has 0 atom stereocenters. The Morgan fingerprint density at radius 2 is 2.13 bits per heavy atom. The first-order chi connectivity index (χ1) is 10.9. The van der Waals surface area contributed by atoms with Crippen LogP contribution in [0.2, 0.25) is 10.0 Å². The highest BCUT2D eigenvalue weighted by Crippen LogP contribution is 2.23. The minimum absolute atomic E-state index is 0.0605. The Hall–Kier alpha value is -2.05. The standard InChI is InChI=1S/C15H14Cl2N4O2/c16-10-2-1-8(5-11(10)17)6-13(22)21-4-3-9-12(7-21)19-15(18)20-14(9)23/h1-2,5H,3-4,6-7H2,(H3,18,19,20,23). The average Bonchev–Trinajstić information content (AvgIpc) is 2.50. The second-order valence-corrected chi connectivity index (χ2v) is 6.18. The van der Waals surface area contributed by atoms with Gasteiger partial charge in [-0.05, 0) is 24.1 Å². The van der Waals surface area contributed by atoms with Gasteiger partial charge in [-0.1, -0.05) is 29.3 Å². The number of nitrogens with one attached hydrogen (secondary N) is 1. The van der Waals surface area contributed by atoms with E-state index in [4.69, 9.17) is 28.9 Å². The zero-order valence-electron chi connectivity index (χ0n) is 12.1. The fraction of sp³-hybridized carbons (Fsp3) is 0.267. The molecule has 120 valence electrons. The molecule has 1 aliphatic rings. The average molecular weight is 353 g/mol. The fourth-order valence-corrected chi connectivity index (χ4v) is 2.93. The van der Waals surface area contributed by atoms with Crippen molar-refractivity contribution >= 4 is 35.1 Å². The number of carbonyl (C=O) groups excluding carboxylic acids is 1. The van der Waals surface area contributed by atoms with E-state index in [1.165, 1.54) is 0 Å². The smallest absolute Gasteiger partial charge is 0.255 e. The predicted octanol–water partition coefficient (Wildman–Crippen LogP) is 1.79. The molecule has 8 heteroatoms. The van der Waals surface area contributed by atoms with Gasteiger partial charge in [0.05, 0.1) is 28.7 Å². The molecule has 1 aromatic heterocycles. The number of carbonyl (C=O) groups is 1. The van der Waals surface area contributed by atoms with Crippen molar-refractivity contribution in [1.82, 2.24) is 14.9 Å². The van der Waals surface area contributed by atoms with Gasteiger partial charge < -0.3 is 10.6 Å². The van der Waals surface area contributed by atoms with Gasteiger partial charge >= 0.3 is 0 Å². The maximum Gasteiger partial charge on any atom is 0.255 e. The molecule has 1 aromatic carbocycles. The molecule has 2 heterocycles. The lowest BCUT2D eigenvalue weighted by Crippen LogP contribution is -2.40. The zero-order chi connectivity index (χ0) is 16.6. The number of hydrogen-bond acceptors (Lipinski definition) is 4. The second kappa shape index (κ2) is 6.22. The van der Waals surface area contributed by atoms with Crippen LogP contribution in [0.3, 0.4) is 0 Å². The highest BCUT2D eigenvalue weighted by atomic mass is 35.5. The summed E-state index contributed by atoms with van der Waals surface area (Å²) in [6.07, 6.45) is 0.677. The predicted molar refractivity (Wildman–Crippen MR) is 88.6 cm³/mol. The van der Waals surface area contributed by atoms with Crippen molar-refractivity contribution in [3.05, 3.63) is 55.4 Å². The van der Waals surface area contributed by atoms with Gasteiger partial charge in [0.1, 0.15) is 0 Å². The summed E-state index contributed by atoms with van der Waals surface area (Å²) in [5.41, 5.74) is 7.27. The number of hydrogen-bond donors (Lipinski definition) is 2. The van der Waals surface area contributed by atoms with E-state index in [0.717, 1.165) is 5.56 Å². The molecule has 0 fully saturated rings. The summed E-state index contributed by atoms with van der Waals surface area (Å²) in [4.78, 5) is 32.5. The summed E-state index contributed by atoms with van der Waals surface area (Å²) in [6.45, 7) is 0.755. The van der Waals surface area contributed by atoms with E-state index in [2.05, 4.69) is 9.97 Å². The number of aromatic amines is 1. The normalized spacial score (nSPS) is 13.7. The largest absolute Gasteiger partial charge is 0.369 e. The Labute approximate surface area is 142 Å². The molecule has 3 rings (SSSR count). The number of fused-ring (bicyclic) bond motifs is 1. The van der Waals surface area contributed by atoms with E-state index < -0.39 is 0 Å². The molecule has 1 aliphatic heterocycles. The fourth-order valence-electron chi connectivity index (χ4n) is 2.61. The number of benzene rings is 1. The van der Waals surface area contributed by atoms with E-state index >= 15 is 0 Å². The first-order valence-corrected chi connectivity index (χ1v) is 7.79. The van der Waals surface area contributed by atoms with Crippen LogP contribution >= 0.6 is 23.2 Å². The van der Waals surface area contributed by atoms with Gasteiger partial charge in [0.25, 0.3) is 5.56 Å². The molecule has 0 saturated carbocycles. The molecular formula is C15H14Cl2N4O2. The van der Waals surface area contributed by atoms with Crippen LogP contribution in [-0.4, -0.2) is 27.3 Å². The summed E-state index contributed by atoms with van der Waals surface area (Å²) in [5, 5.41) is 0.871. The Bertz CT molecular complexity index is 835. The molecule has 0 spiro atoms. The van der Waals surface area contributed by atoms with Crippen LogP contribution in [0, 0.1) is 0 Å². The van der Waals surface area contributed by atoms with E-state index in [1.807, 2.05) is 0 Å². The Morgan fingerprint density at radius 1 is 1.35 bits per heavy atom. The first-order valence-electron chi connectivity index (χ1n) is 7.03. The van der Waals surface area contributed by atoms with Crippen molar-refractivity contribution in [2.45, 2.75) is 19.4 Å². The quantitative estimate of drug-likeness (QED) is 0.861. The minimum Gasteiger partial charge on any atom is -0.369 e. The lowest BCUT2D eigenvalue weighted by atomic mass is 10.1. The van der Waals surface area contributed by atoms with E-state index in [1.54, 1.807) is 23.1 Å². The molecule has 23 heavy (non-hydrogen) atoms. The van der Waals surface area contributed by atoms with Crippen LogP contribution in [0.4, 0.5) is 5.95 Å².